The normalized spacial score (nSPS) is 16.3. The van der Waals surface area contributed by atoms with Crippen molar-refractivity contribution >= 4 is 11.9 Å². The van der Waals surface area contributed by atoms with Crippen LogP contribution >= 0.6 is 0 Å². The van der Waals surface area contributed by atoms with Gasteiger partial charge in [-0.05, 0) is 63.3 Å². The molecule has 0 bridgehead atoms. The second-order valence-electron chi connectivity index (χ2n) is 15.0. The van der Waals surface area contributed by atoms with E-state index in [2.05, 4.69) is 34.6 Å². The highest BCUT2D eigenvalue weighted by Gasteiger charge is 2.39. The van der Waals surface area contributed by atoms with Crippen LogP contribution in [0.25, 0.3) is 0 Å². The van der Waals surface area contributed by atoms with Crippen LogP contribution in [0.5, 0.6) is 51.7 Å². The summed E-state index contributed by atoms with van der Waals surface area (Å²) in [6.07, 6.45) is 7.70. The average molecular weight is 851 g/mol. The monoisotopic (exact) mass is 850 g/mol. The van der Waals surface area contributed by atoms with Gasteiger partial charge in [0.05, 0.1) is 45.2 Å². The van der Waals surface area contributed by atoms with Crippen LogP contribution in [0.15, 0.2) is 36.4 Å². The number of benzene rings is 3. The van der Waals surface area contributed by atoms with E-state index in [1.807, 2.05) is 24.3 Å². The van der Waals surface area contributed by atoms with Gasteiger partial charge in [0.1, 0.15) is 23.4 Å². The van der Waals surface area contributed by atoms with Gasteiger partial charge in [0.15, 0.2) is 29.1 Å². The summed E-state index contributed by atoms with van der Waals surface area (Å²) in [4.78, 5) is 26.9. The van der Waals surface area contributed by atoms with Crippen molar-refractivity contribution in [2.45, 2.75) is 144 Å². The van der Waals surface area contributed by atoms with Gasteiger partial charge >= 0.3 is 18.4 Å². The molecule has 0 aromatic heterocycles. The van der Waals surface area contributed by atoms with E-state index in [1.165, 1.54) is 12.1 Å². The minimum absolute atomic E-state index is 0.0175. The van der Waals surface area contributed by atoms with E-state index in [9.17, 15) is 9.59 Å². The first-order valence-electron chi connectivity index (χ1n) is 22.5. The Hall–Kier alpha value is -5.04. The van der Waals surface area contributed by atoms with Gasteiger partial charge in [0.2, 0.25) is 11.5 Å². The minimum Gasteiger partial charge on any atom is -0.493 e. The number of fused-ring (bicyclic) bond motifs is 2. The molecule has 0 N–H and O–H groups in total. The smallest absolute Gasteiger partial charge is 0.361 e. The molecular weight excluding hydrogens is 785 g/mol. The fourth-order valence-corrected chi connectivity index (χ4v) is 6.57. The van der Waals surface area contributed by atoms with Crippen LogP contribution in [0.3, 0.4) is 0 Å². The van der Waals surface area contributed by atoms with Crippen molar-refractivity contribution in [2.24, 2.45) is 0 Å². The van der Waals surface area contributed by atoms with Crippen LogP contribution in [-0.2, 0) is 20.7 Å². The molecule has 13 nitrogen and oxygen atoms in total. The molecule has 3 atom stereocenters. The van der Waals surface area contributed by atoms with E-state index in [0.29, 0.717) is 79.7 Å². The first-order chi connectivity index (χ1) is 29.8. The van der Waals surface area contributed by atoms with Gasteiger partial charge in [0.25, 0.3) is 0 Å². The molecule has 0 amide bonds. The van der Waals surface area contributed by atoms with Gasteiger partial charge in [0, 0.05) is 36.1 Å². The van der Waals surface area contributed by atoms with Crippen molar-refractivity contribution in [1.29, 1.82) is 0 Å². The van der Waals surface area contributed by atoms with Crippen molar-refractivity contribution < 1.29 is 61.7 Å². The Balaban J connectivity index is 1.62. The standard InChI is InChI=1S/C48H66O13/c1-8-15-20-52-34-29-36(53-21-16-9-2)35-31-42(59-47(50)33-27-40(57-43(49)13-6)46-41(28-33)60-48(61-46)51-14-7)44(58-37(35)30-34)32-25-38(54-22-17-10-3)45(56-24-19-12-5)39(26-32)55-23-18-11-4/h25-30,42,44,48H,8-24,31H2,1-7H3/t42-,44-,48?/m1/s1. The summed E-state index contributed by atoms with van der Waals surface area (Å²) in [6, 6.07) is 10.5. The summed E-state index contributed by atoms with van der Waals surface area (Å²) in [7, 11) is 0. The van der Waals surface area contributed by atoms with Gasteiger partial charge in [-0.1, -0.05) is 73.6 Å². The number of carbonyl (C=O) groups is 2. The quantitative estimate of drug-likeness (QED) is 0.0409. The highest BCUT2D eigenvalue weighted by atomic mass is 16.9. The highest BCUT2D eigenvalue weighted by Crippen LogP contribution is 2.49. The van der Waals surface area contributed by atoms with Gasteiger partial charge in [-0.15, -0.1) is 0 Å². The number of rotatable bonds is 27. The molecule has 0 radical (unpaired) electrons. The Bertz CT molecular complexity index is 1830. The topological polar surface area (TPSA) is 136 Å². The SMILES string of the molecule is CCCCOc1cc(OCCCC)c2c(c1)O[C@H](c1cc(OCCCC)c(OCCCC)c(OCCCC)c1)[C@H](OC(=O)c1cc(OC(=O)CC)c3c(c1)OC(OCC)O3)C2. The zero-order valence-electron chi connectivity index (χ0n) is 37.2. The van der Waals surface area contributed by atoms with E-state index in [1.54, 1.807) is 13.8 Å². The van der Waals surface area contributed by atoms with Gasteiger partial charge in [-0.3, -0.25) is 4.79 Å². The maximum atomic E-state index is 14.4. The zero-order chi connectivity index (χ0) is 43.6. The molecule has 1 unspecified atom stereocenters. The van der Waals surface area contributed by atoms with E-state index in [-0.39, 0.29) is 35.7 Å². The predicted molar refractivity (Wildman–Crippen MR) is 230 cm³/mol. The summed E-state index contributed by atoms with van der Waals surface area (Å²) in [5.41, 5.74) is 1.49. The molecule has 2 aliphatic rings. The fraction of sp³-hybridized carbons (Fsp3) is 0.583. The number of ether oxygens (including phenoxy) is 11. The van der Waals surface area contributed by atoms with Crippen LogP contribution in [0, 0.1) is 0 Å². The maximum absolute atomic E-state index is 14.4. The van der Waals surface area contributed by atoms with Crippen molar-refractivity contribution in [2.75, 3.05) is 39.6 Å². The molecule has 2 aliphatic heterocycles. The largest absolute Gasteiger partial charge is 0.493 e. The van der Waals surface area contributed by atoms with Crippen LogP contribution in [0.2, 0.25) is 0 Å². The summed E-state index contributed by atoms with van der Waals surface area (Å²) in [5, 5.41) is 0. The first-order valence-corrected chi connectivity index (χ1v) is 22.5. The fourth-order valence-electron chi connectivity index (χ4n) is 6.57. The summed E-state index contributed by atoms with van der Waals surface area (Å²) >= 11 is 0. The first kappa shape index (κ1) is 47.0. The van der Waals surface area contributed by atoms with Gasteiger partial charge in [-0.2, -0.15) is 0 Å². The third-order valence-electron chi connectivity index (χ3n) is 10.1. The molecule has 0 fully saturated rings. The van der Waals surface area contributed by atoms with Gasteiger partial charge in [-0.25, -0.2) is 4.79 Å². The minimum atomic E-state index is -1.07. The van der Waals surface area contributed by atoms with Crippen molar-refractivity contribution in [3.63, 3.8) is 0 Å². The highest BCUT2D eigenvalue weighted by molar-refractivity contribution is 5.92. The summed E-state index contributed by atoms with van der Waals surface area (Å²) < 4.78 is 68.0. The maximum Gasteiger partial charge on any atom is 0.361 e. The lowest BCUT2D eigenvalue weighted by Crippen LogP contribution is -2.35. The number of hydrogen-bond acceptors (Lipinski definition) is 13. The molecule has 61 heavy (non-hydrogen) atoms. The Morgan fingerprint density at radius 1 is 0.607 bits per heavy atom. The van der Waals surface area contributed by atoms with Crippen LogP contribution in [0.4, 0.5) is 0 Å². The number of carbonyl (C=O) groups excluding carboxylic acids is 2. The second kappa shape index (κ2) is 24.4. The van der Waals surface area contributed by atoms with E-state index in [0.717, 1.165) is 69.8 Å². The van der Waals surface area contributed by atoms with Crippen LogP contribution in [-0.4, -0.2) is 64.2 Å². The van der Waals surface area contributed by atoms with Crippen LogP contribution in [0.1, 0.15) is 147 Å². The molecule has 0 saturated carbocycles. The van der Waals surface area contributed by atoms with E-state index < -0.39 is 30.6 Å². The summed E-state index contributed by atoms with van der Waals surface area (Å²) in [5.74, 6) is 2.50. The van der Waals surface area contributed by atoms with E-state index in [4.69, 9.17) is 52.1 Å². The van der Waals surface area contributed by atoms with E-state index >= 15 is 0 Å². The molecule has 13 heteroatoms. The molecule has 3 aromatic carbocycles. The molecule has 0 spiro atoms. The van der Waals surface area contributed by atoms with Crippen LogP contribution < -0.4 is 42.6 Å². The Kier molecular flexibility index (Phi) is 18.8. The molecule has 336 valence electrons. The summed E-state index contributed by atoms with van der Waals surface area (Å²) in [6.45, 7) is 15.7. The third-order valence-corrected chi connectivity index (χ3v) is 10.1. The molecule has 3 aromatic rings. The number of unbranched alkanes of at least 4 members (excludes halogenated alkanes) is 5. The lowest BCUT2D eigenvalue weighted by atomic mass is 9.93. The van der Waals surface area contributed by atoms with Crippen molar-refractivity contribution in [3.8, 4) is 51.7 Å². The third kappa shape index (κ3) is 13.0. The average Bonchev–Trinajstić information content (AvgIpc) is 3.67. The lowest BCUT2D eigenvalue weighted by molar-refractivity contribution is -0.174. The predicted octanol–water partition coefficient (Wildman–Crippen LogP) is 10.9. The van der Waals surface area contributed by atoms with Crippen molar-refractivity contribution in [3.05, 3.63) is 53.1 Å². The van der Waals surface area contributed by atoms with Gasteiger partial charge < -0.3 is 52.1 Å². The molecule has 0 saturated heterocycles. The number of hydrogen-bond donors (Lipinski definition) is 0. The Morgan fingerprint density at radius 2 is 1.20 bits per heavy atom. The molecule has 2 heterocycles. The molecule has 5 rings (SSSR count). The Labute approximate surface area is 361 Å². The Morgan fingerprint density at radius 3 is 1.79 bits per heavy atom. The molecular formula is C48H66O13. The van der Waals surface area contributed by atoms with Crippen molar-refractivity contribution in [1.82, 2.24) is 0 Å². The molecule has 0 aliphatic carbocycles. The second-order valence-corrected chi connectivity index (χ2v) is 15.0. The lowest BCUT2D eigenvalue weighted by Gasteiger charge is -2.35. The zero-order valence-corrected chi connectivity index (χ0v) is 37.2. The number of esters is 2.